The summed E-state index contributed by atoms with van der Waals surface area (Å²) in [6.07, 6.45) is 1.80. The number of hydrogen-bond donors (Lipinski definition) is 1. The van der Waals surface area contributed by atoms with Gasteiger partial charge in [0.1, 0.15) is 5.69 Å². The molecular formula is C15H16BrN3O2. The Kier molecular flexibility index (Phi) is 4.47. The summed E-state index contributed by atoms with van der Waals surface area (Å²) in [5, 5.41) is 2.79. The van der Waals surface area contributed by atoms with Gasteiger partial charge in [-0.3, -0.25) is 9.59 Å². The maximum Gasteiger partial charge on any atom is 0.272 e. The van der Waals surface area contributed by atoms with E-state index in [1.807, 2.05) is 0 Å². The molecule has 0 unspecified atom stereocenters. The van der Waals surface area contributed by atoms with Gasteiger partial charge < -0.3 is 14.8 Å². The van der Waals surface area contributed by atoms with Crippen molar-refractivity contribution < 1.29 is 9.59 Å². The van der Waals surface area contributed by atoms with Crippen LogP contribution in [0.3, 0.4) is 0 Å². The van der Waals surface area contributed by atoms with Gasteiger partial charge >= 0.3 is 0 Å². The van der Waals surface area contributed by atoms with Gasteiger partial charge in [0.25, 0.3) is 11.8 Å². The minimum absolute atomic E-state index is 0.154. The summed E-state index contributed by atoms with van der Waals surface area (Å²) < 4.78 is 2.54. The molecule has 0 saturated heterocycles. The first-order chi connectivity index (χ1) is 9.90. The van der Waals surface area contributed by atoms with Gasteiger partial charge in [0.05, 0.1) is 11.3 Å². The van der Waals surface area contributed by atoms with E-state index in [4.69, 9.17) is 0 Å². The topological polar surface area (TPSA) is 54.3 Å². The summed E-state index contributed by atoms with van der Waals surface area (Å²) in [5.74, 6) is -0.416. The number of nitrogens with one attached hydrogen (secondary N) is 1. The Balaban J connectivity index is 2.30. The highest BCUT2D eigenvalue weighted by Gasteiger charge is 2.17. The molecule has 110 valence electrons. The van der Waals surface area contributed by atoms with E-state index < -0.39 is 0 Å². The molecule has 0 aliphatic carbocycles. The molecule has 0 aliphatic heterocycles. The van der Waals surface area contributed by atoms with Crippen molar-refractivity contribution in [3.05, 3.63) is 52.3 Å². The molecule has 5 nitrogen and oxygen atoms in total. The van der Waals surface area contributed by atoms with Crippen molar-refractivity contribution in [2.24, 2.45) is 7.05 Å². The lowest BCUT2D eigenvalue weighted by Crippen LogP contribution is -2.24. The van der Waals surface area contributed by atoms with Crippen molar-refractivity contribution >= 4 is 33.4 Å². The number of benzene rings is 1. The van der Waals surface area contributed by atoms with Crippen LogP contribution in [0.5, 0.6) is 0 Å². The molecule has 0 bridgehead atoms. The smallest absolute Gasteiger partial charge is 0.272 e. The number of amides is 2. The quantitative estimate of drug-likeness (QED) is 0.926. The molecule has 0 atom stereocenters. The molecule has 6 heteroatoms. The van der Waals surface area contributed by atoms with Crippen LogP contribution in [-0.4, -0.2) is 35.4 Å². The minimum Gasteiger partial charge on any atom is -0.345 e. The van der Waals surface area contributed by atoms with Crippen LogP contribution in [0.25, 0.3) is 0 Å². The number of hydrogen-bond acceptors (Lipinski definition) is 2. The van der Waals surface area contributed by atoms with Gasteiger partial charge in [-0.25, -0.2) is 0 Å². The number of carbonyl (C=O) groups is 2. The molecular weight excluding hydrogens is 334 g/mol. The Morgan fingerprint density at radius 2 is 1.90 bits per heavy atom. The Bertz CT molecular complexity index is 692. The molecule has 1 heterocycles. The van der Waals surface area contributed by atoms with Crippen LogP contribution in [0, 0.1) is 0 Å². The van der Waals surface area contributed by atoms with E-state index in [-0.39, 0.29) is 11.8 Å². The van der Waals surface area contributed by atoms with Crippen molar-refractivity contribution in [1.82, 2.24) is 9.47 Å². The van der Waals surface area contributed by atoms with E-state index in [0.717, 1.165) is 4.47 Å². The number of nitrogens with zero attached hydrogens (tertiary/aromatic N) is 2. The predicted octanol–water partition coefficient (Wildman–Crippen LogP) is 2.74. The normalized spacial score (nSPS) is 10.3. The van der Waals surface area contributed by atoms with Gasteiger partial charge in [0.15, 0.2) is 0 Å². The highest BCUT2D eigenvalue weighted by atomic mass is 79.9. The molecule has 0 fully saturated rings. The Morgan fingerprint density at radius 3 is 2.48 bits per heavy atom. The molecule has 0 saturated carbocycles. The number of aryl methyl sites for hydroxylation is 1. The molecule has 1 N–H and O–H groups in total. The standard InChI is InChI=1S/C15H16BrN3O2/c1-18(2)15(21)11-6-4-5-7-12(11)17-14(20)13-8-10(16)9-19(13)3/h4-9H,1-3H3,(H,17,20). The van der Waals surface area contributed by atoms with E-state index >= 15 is 0 Å². The number of rotatable bonds is 3. The number of aromatic nitrogens is 1. The molecule has 0 aliphatic rings. The first-order valence-electron chi connectivity index (χ1n) is 6.34. The third-order valence-electron chi connectivity index (χ3n) is 3.02. The average Bonchev–Trinajstić information content (AvgIpc) is 2.77. The summed E-state index contributed by atoms with van der Waals surface area (Å²) in [5.41, 5.74) is 1.47. The molecule has 2 amide bonds. The molecule has 0 radical (unpaired) electrons. The summed E-state index contributed by atoms with van der Waals surface area (Å²) in [6.45, 7) is 0. The summed E-state index contributed by atoms with van der Waals surface area (Å²) in [4.78, 5) is 25.9. The zero-order valence-electron chi connectivity index (χ0n) is 12.1. The lowest BCUT2D eigenvalue weighted by molar-refractivity contribution is 0.0828. The summed E-state index contributed by atoms with van der Waals surface area (Å²) in [6, 6.07) is 8.69. The highest BCUT2D eigenvalue weighted by Crippen LogP contribution is 2.19. The molecule has 2 aromatic rings. The van der Waals surface area contributed by atoms with Crippen LogP contribution >= 0.6 is 15.9 Å². The number of halogens is 1. The molecule has 1 aromatic carbocycles. The summed E-state index contributed by atoms with van der Waals surface area (Å²) >= 11 is 3.33. The number of carbonyl (C=O) groups excluding carboxylic acids is 2. The van der Waals surface area contributed by atoms with Crippen molar-refractivity contribution in [2.45, 2.75) is 0 Å². The zero-order valence-corrected chi connectivity index (χ0v) is 13.6. The SMILES string of the molecule is CN(C)C(=O)c1ccccc1NC(=O)c1cc(Br)cn1C. The second kappa shape index (κ2) is 6.13. The van der Waals surface area contributed by atoms with Crippen LogP contribution in [0.2, 0.25) is 0 Å². The van der Waals surface area contributed by atoms with Crippen molar-refractivity contribution in [1.29, 1.82) is 0 Å². The van der Waals surface area contributed by atoms with Gasteiger partial charge in [-0.05, 0) is 34.1 Å². The van der Waals surface area contributed by atoms with E-state index in [1.165, 1.54) is 4.90 Å². The van der Waals surface area contributed by atoms with Crippen LogP contribution in [0.15, 0.2) is 41.0 Å². The Labute approximate surface area is 131 Å². The highest BCUT2D eigenvalue weighted by molar-refractivity contribution is 9.10. The van der Waals surface area contributed by atoms with Gasteiger partial charge in [-0.15, -0.1) is 0 Å². The second-order valence-corrected chi connectivity index (χ2v) is 5.77. The average molecular weight is 350 g/mol. The van der Waals surface area contributed by atoms with E-state index in [1.54, 1.807) is 62.2 Å². The summed E-state index contributed by atoms with van der Waals surface area (Å²) in [7, 11) is 5.14. The predicted molar refractivity (Wildman–Crippen MR) is 85.5 cm³/mol. The van der Waals surface area contributed by atoms with Crippen molar-refractivity contribution in [3.63, 3.8) is 0 Å². The number of para-hydroxylation sites is 1. The number of anilines is 1. The molecule has 2 rings (SSSR count). The molecule has 21 heavy (non-hydrogen) atoms. The van der Waals surface area contributed by atoms with Crippen LogP contribution < -0.4 is 5.32 Å². The zero-order chi connectivity index (χ0) is 15.6. The monoisotopic (exact) mass is 349 g/mol. The maximum absolute atomic E-state index is 12.3. The van der Waals surface area contributed by atoms with Crippen LogP contribution in [0.1, 0.15) is 20.8 Å². The maximum atomic E-state index is 12.3. The van der Waals surface area contributed by atoms with Gasteiger partial charge in [0, 0.05) is 31.8 Å². The first-order valence-corrected chi connectivity index (χ1v) is 7.13. The van der Waals surface area contributed by atoms with Gasteiger partial charge in [-0.2, -0.15) is 0 Å². The Morgan fingerprint density at radius 1 is 1.24 bits per heavy atom. The fraction of sp³-hybridized carbons (Fsp3) is 0.200. The third kappa shape index (κ3) is 3.33. The Hall–Kier alpha value is -2.08. The van der Waals surface area contributed by atoms with Crippen molar-refractivity contribution in [3.8, 4) is 0 Å². The first kappa shape index (κ1) is 15.3. The van der Waals surface area contributed by atoms with Gasteiger partial charge in [0.2, 0.25) is 0 Å². The third-order valence-corrected chi connectivity index (χ3v) is 3.45. The van der Waals surface area contributed by atoms with Crippen molar-refractivity contribution in [2.75, 3.05) is 19.4 Å². The lowest BCUT2D eigenvalue weighted by atomic mass is 10.1. The van der Waals surface area contributed by atoms with Crippen LogP contribution in [-0.2, 0) is 7.05 Å². The lowest BCUT2D eigenvalue weighted by Gasteiger charge is -2.14. The van der Waals surface area contributed by atoms with E-state index in [9.17, 15) is 9.59 Å². The van der Waals surface area contributed by atoms with Crippen LogP contribution in [0.4, 0.5) is 5.69 Å². The fourth-order valence-corrected chi connectivity index (χ4v) is 2.48. The molecule has 0 spiro atoms. The largest absolute Gasteiger partial charge is 0.345 e. The minimum atomic E-state index is -0.262. The van der Waals surface area contributed by atoms with E-state index in [0.29, 0.717) is 16.9 Å². The molecule has 1 aromatic heterocycles. The van der Waals surface area contributed by atoms with E-state index in [2.05, 4.69) is 21.2 Å². The van der Waals surface area contributed by atoms with Gasteiger partial charge in [-0.1, -0.05) is 12.1 Å². The fourth-order valence-electron chi connectivity index (χ4n) is 1.96. The second-order valence-electron chi connectivity index (χ2n) is 4.85.